The smallest absolute Gasteiger partial charge is 0.276 e. The predicted octanol–water partition coefficient (Wildman–Crippen LogP) is 3.74. The van der Waals surface area contributed by atoms with E-state index in [1.165, 1.54) is 15.8 Å². The summed E-state index contributed by atoms with van der Waals surface area (Å²) < 4.78 is 19.8. The van der Waals surface area contributed by atoms with Gasteiger partial charge in [-0.25, -0.2) is 4.68 Å². The third kappa shape index (κ3) is 5.15. The van der Waals surface area contributed by atoms with E-state index in [9.17, 15) is 4.79 Å². The summed E-state index contributed by atoms with van der Waals surface area (Å²) in [6.07, 6.45) is 5.07. The van der Waals surface area contributed by atoms with Crippen molar-refractivity contribution in [3.05, 3.63) is 83.9 Å². The minimum absolute atomic E-state index is 0.0817. The molecule has 4 rings (SSSR count). The summed E-state index contributed by atoms with van der Waals surface area (Å²) in [6.45, 7) is 2.77. The van der Waals surface area contributed by atoms with Gasteiger partial charge >= 0.3 is 0 Å². The second-order valence-corrected chi connectivity index (χ2v) is 7.31. The van der Waals surface area contributed by atoms with Crippen molar-refractivity contribution in [1.82, 2.24) is 19.6 Å². The Morgan fingerprint density at radius 3 is 2.48 bits per heavy atom. The number of aromatic nitrogens is 4. The monoisotopic (exact) mass is 447 g/mol. The second-order valence-electron chi connectivity index (χ2n) is 7.31. The molecule has 1 N–H and O–H groups in total. The molecule has 0 saturated heterocycles. The number of ether oxygens (including phenoxy) is 3. The number of benzene rings is 2. The number of amides is 1. The van der Waals surface area contributed by atoms with Gasteiger partial charge in [0, 0.05) is 12.4 Å². The number of methoxy groups -OCH3 is 2. The summed E-state index contributed by atoms with van der Waals surface area (Å²) in [7, 11) is 3.11. The van der Waals surface area contributed by atoms with Crippen LogP contribution in [0.5, 0.6) is 17.2 Å². The lowest BCUT2D eigenvalue weighted by Crippen LogP contribution is -2.14. The average Bonchev–Trinajstić information content (AvgIpc) is 3.48. The van der Waals surface area contributed by atoms with Gasteiger partial charge in [0.05, 0.1) is 32.6 Å². The zero-order chi connectivity index (χ0) is 23.2. The first-order valence-corrected chi connectivity index (χ1v) is 10.3. The molecule has 0 saturated carbocycles. The van der Waals surface area contributed by atoms with E-state index in [-0.39, 0.29) is 18.3 Å². The van der Waals surface area contributed by atoms with Gasteiger partial charge in [-0.2, -0.15) is 10.2 Å². The van der Waals surface area contributed by atoms with Gasteiger partial charge in [-0.05, 0) is 36.2 Å². The minimum Gasteiger partial charge on any atom is -0.493 e. The number of hydrogen-bond acceptors (Lipinski definition) is 6. The normalized spacial score (nSPS) is 10.6. The van der Waals surface area contributed by atoms with Gasteiger partial charge in [-0.1, -0.05) is 30.3 Å². The number of anilines is 1. The molecule has 170 valence electrons. The molecule has 0 radical (unpaired) electrons. The van der Waals surface area contributed by atoms with Crippen LogP contribution >= 0.6 is 0 Å². The van der Waals surface area contributed by atoms with E-state index in [4.69, 9.17) is 14.2 Å². The summed E-state index contributed by atoms with van der Waals surface area (Å²) >= 11 is 0. The Morgan fingerprint density at radius 1 is 1.00 bits per heavy atom. The molecule has 0 fully saturated rings. The number of nitrogens with zero attached hydrogens (tertiary/aromatic N) is 4. The highest BCUT2D eigenvalue weighted by molar-refractivity contribution is 6.02. The van der Waals surface area contributed by atoms with Gasteiger partial charge in [0.1, 0.15) is 0 Å². The van der Waals surface area contributed by atoms with E-state index >= 15 is 0 Å². The van der Waals surface area contributed by atoms with Crippen LogP contribution in [0.2, 0.25) is 0 Å². The van der Waals surface area contributed by atoms with E-state index in [0.717, 1.165) is 0 Å². The average molecular weight is 447 g/mol. The van der Waals surface area contributed by atoms with Gasteiger partial charge < -0.3 is 19.5 Å². The van der Waals surface area contributed by atoms with Gasteiger partial charge in [-0.15, -0.1) is 0 Å². The topological polar surface area (TPSA) is 92.4 Å². The lowest BCUT2D eigenvalue weighted by molar-refractivity contribution is 0.102. The van der Waals surface area contributed by atoms with Crippen LogP contribution < -0.4 is 19.5 Å². The zero-order valence-corrected chi connectivity index (χ0v) is 18.7. The molecule has 2 aromatic heterocycles. The molecule has 0 atom stereocenters. The van der Waals surface area contributed by atoms with Crippen molar-refractivity contribution >= 4 is 11.6 Å². The number of para-hydroxylation sites is 1. The highest BCUT2D eigenvalue weighted by Gasteiger charge is 2.14. The summed E-state index contributed by atoms with van der Waals surface area (Å²) in [4.78, 5) is 12.6. The van der Waals surface area contributed by atoms with Crippen molar-refractivity contribution in [2.24, 2.45) is 0 Å². The second kappa shape index (κ2) is 9.90. The lowest BCUT2D eigenvalue weighted by atomic mass is 10.1. The maximum Gasteiger partial charge on any atom is 0.276 e. The Morgan fingerprint density at radius 2 is 1.76 bits per heavy atom. The Kier molecular flexibility index (Phi) is 6.58. The van der Waals surface area contributed by atoms with E-state index in [1.807, 2.05) is 18.2 Å². The van der Waals surface area contributed by atoms with Crippen LogP contribution in [0.1, 0.15) is 21.6 Å². The first kappa shape index (κ1) is 21.9. The van der Waals surface area contributed by atoms with Crippen molar-refractivity contribution in [2.75, 3.05) is 19.5 Å². The molecule has 0 aliphatic heterocycles. The maximum absolute atomic E-state index is 12.6. The van der Waals surface area contributed by atoms with Crippen LogP contribution in [0.4, 0.5) is 5.69 Å². The first-order chi connectivity index (χ1) is 16.1. The largest absolute Gasteiger partial charge is 0.493 e. The van der Waals surface area contributed by atoms with Crippen molar-refractivity contribution in [3.8, 4) is 17.2 Å². The van der Waals surface area contributed by atoms with Crippen molar-refractivity contribution in [2.45, 2.75) is 20.2 Å². The molecule has 2 aromatic carbocycles. The highest BCUT2D eigenvalue weighted by atomic mass is 16.5. The van der Waals surface area contributed by atoms with Crippen LogP contribution in [0, 0.1) is 6.92 Å². The van der Waals surface area contributed by atoms with Gasteiger partial charge in [0.15, 0.2) is 23.9 Å². The zero-order valence-electron chi connectivity index (χ0n) is 18.7. The number of carbonyl (C=O) groups is 1. The Bertz CT molecular complexity index is 1220. The molecular weight excluding hydrogens is 422 g/mol. The van der Waals surface area contributed by atoms with E-state index < -0.39 is 0 Å². The molecule has 9 nitrogen and oxygen atoms in total. The summed E-state index contributed by atoms with van der Waals surface area (Å²) in [5.74, 6) is 1.22. The van der Waals surface area contributed by atoms with E-state index in [1.54, 1.807) is 55.7 Å². The summed E-state index contributed by atoms with van der Waals surface area (Å²) in [5.41, 5.74) is 3.22. The van der Waals surface area contributed by atoms with Gasteiger partial charge in [0.25, 0.3) is 5.91 Å². The quantitative estimate of drug-likeness (QED) is 0.420. The van der Waals surface area contributed by atoms with Crippen molar-refractivity contribution < 1.29 is 19.0 Å². The molecule has 9 heteroatoms. The maximum atomic E-state index is 12.6. The highest BCUT2D eigenvalue weighted by Crippen LogP contribution is 2.36. The van der Waals surface area contributed by atoms with E-state index in [2.05, 4.69) is 34.6 Å². The molecule has 1 amide bonds. The molecule has 0 bridgehead atoms. The number of hydrogen-bond donors (Lipinski definition) is 1. The third-order valence-electron chi connectivity index (χ3n) is 5.08. The molecule has 0 aliphatic carbocycles. The van der Waals surface area contributed by atoms with Crippen molar-refractivity contribution in [3.63, 3.8) is 0 Å². The van der Waals surface area contributed by atoms with Crippen LogP contribution in [0.25, 0.3) is 0 Å². The number of nitrogens with one attached hydrogen (secondary N) is 1. The minimum atomic E-state index is -0.334. The molecular formula is C24H25N5O4. The summed E-state index contributed by atoms with van der Waals surface area (Å²) in [5, 5.41) is 11.4. The third-order valence-corrected chi connectivity index (χ3v) is 5.08. The van der Waals surface area contributed by atoms with Gasteiger partial charge in [0.2, 0.25) is 5.75 Å². The Balaban J connectivity index is 1.37. The molecule has 33 heavy (non-hydrogen) atoms. The fourth-order valence-electron chi connectivity index (χ4n) is 3.32. The summed E-state index contributed by atoms with van der Waals surface area (Å²) in [6, 6.07) is 15.1. The molecule has 0 aliphatic rings. The molecule has 0 unspecified atom stereocenters. The Hall–Kier alpha value is -4.27. The van der Waals surface area contributed by atoms with E-state index in [0.29, 0.717) is 29.5 Å². The number of aryl methyl sites for hydroxylation is 1. The SMILES string of the molecule is COc1cccc(OC)c1OCn1ccc(C(=O)Nc2cnn(Cc3ccccc3C)c2)n1. The lowest BCUT2D eigenvalue weighted by Gasteiger charge is -2.13. The van der Waals surface area contributed by atoms with Crippen LogP contribution in [-0.4, -0.2) is 39.7 Å². The standard InChI is InChI=1S/C24H25N5O4/c1-17-7-4-5-8-18(17)14-29-15-19(13-25-29)26-24(30)20-11-12-28(27-20)16-33-23-21(31-2)9-6-10-22(23)32-3/h4-13,15H,14,16H2,1-3H3,(H,26,30). The van der Waals surface area contributed by atoms with Crippen LogP contribution in [-0.2, 0) is 13.3 Å². The molecule has 2 heterocycles. The van der Waals surface area contributed by atoms with Crippen molar-refractivity contribution in [1.29, 1.82) is 0 Å². The van der Waals surface area contributed by atoms with Gasteiger partial charge in [-0.3, -0.25) is 9.48 Å². The van der Waals surface area contributed by atoms with Crippen LogP contribution in [0.15, 0.2) is 67.1 Å². The van der Waals surface area contributed by atoms with Crippen LogP contribution in [0.3, 0.4) is 0 Å². The number of carbonyl (C=O) groups excluding carboxylic acids is 1. The predicted molar refractivity (Wildman–Crippen MR) is 123 cm³/mol. The Labute approximate surface area is 191 Å². The first-order valence-electron chi connectivity index (χ1n) is 10.3. The fraction of sp³-hybridized carbons (Fsp3) is 0.208. The number of rotatable bonds is 9. The molecule has 0 spiro atoms. The fourth-order valence-corrected chi connectivity index (χ4v) is 3.32. The molecule has 4 aromatic rings.